The Hall–Kier alpha value is -5.38. The van der Waals surface area contributed by atoms with Crippen molar-refractivity contribution in [2.45, 2.75) is 0 Å². The third-order valence-corrected chi connectivity index (χ3v) is 10.3. The van der Waals surface area contributed by atoms with Crippen molar-refractivity contribution in [2.75, 3.05) is 0 Å². The highest BCUT2D eigenvalue weighted by atomic mass is 32.1. The van der Waals surface area contributed by atoms with Crippen LogP contribution in [0.3, 0.4) is 0 Å². The van der Waals surface area contributed by atoms with Crippen LogP contribution >= 0.6 is 11.3 Å². The number of benzene rings is 7. The van der Waals surface area contributed by atoms with Gasteiger partial charge in [0.1, 0.15) is 11.5 Å². The van der Waals surface area contributed by atoms with E-state index in [2.05, 4.69) is 152 Å². The Morgan fingerprint density at radius 1 is 0.400 bits per heavy atom. The summed E-state index contributed by atoms with van der Waals surface area (Å²) >= 11 is 1.90. The quantitative estimate of drug-likeness (QED) is 0.186. The maximum absolute atomic E-state index is 6.30. The van der Waals surface area contributed by atoms with Crippen LogP contribution in [0.5, 0.6) is 11.5 Å². The number of rotatable bonds is 4. The second-order valence-electron chi connectivity index (χ2n) is 11.6. The first kappa shape index (κ1) is 26.1. The van der Waals surface area contributed by atoms with E-state index in [0.717, 1.165) is 11.5 Å². The van der Waals surface area contributed by atoms with Gasteiger partial charge in [-0.2, -0.15) is 0 Å². The smallest absolute Gasteiger partial charge is 0.250 e. The molecule has 9 rings (SSSR count). The number of fused-ring (bicyclic) bond motifs is 5. The van der Waals surface area contributed by atoms with E-state index in [1.54, 1.807) is 0 Å². The maximum Gasteiger partial charge on any atom is 0.250 e. The lowest BCUT2D eigenvalue weighted by Gasteiger charge is -2.26. The van der Waals surface area contributed by atoms with Gasteiger partial charge in [0, 0.05) is 20.2 Å². The van der Waals surface area contributed by atoms with Crippen LogP contribution in [0.1, 0.15) is 0 Å². The van der Waals surface area contributed by atoms with Gasteiger partial charge in [-0.25, -0.2) is 0 Å². The number of ether oxygens (including phenoxy) is 1. The Bertz CT molecular complexity index is 2330. The highest BCUT2D eigenvalue weighted by molar-refractivity contribution is 7.26. The van der Waals surface area contributed by atoms with E-state index in [-0.39, 0.29) is 6.71 Å². The molecule has 3 heteroatoms. The largest absolute Gasteiger partial charge is 0.458 e. The summed E-state index contributed by atoms with van der Waals surface area (Å²) < 4.78 is 8.97. The van der Waals surface area contributed by atoms with Crippen LogP contribution in [0.2, 0.25) is 0 Å². The summed E-state index contributed by atoms with van der Waals surface area (Å²) in [6.45, 7) is 0.111. The first-order chi connectivity index (χ1) is 22.3. The predicted molar refractivity (Wildman–Crippen MR) is 193 cm³/mol. The molecule has 2 heterocycles. The number of hydrogen-bond donors (Lipinski definition) is 0. The molecule has 1 nitrogen and oxygen atoms in total. The molecular formula is C42H27BOS. The maximum atomic E-state index is 6.30. The SMILES string of the molecule is c1ccc(-c2cccc3c2sc2c(-c4cccc(-c5cccc(B6c7ccccc7Oc7ccccc76)c5)c4)cccc23)cc1. The third-order valence-electron chi connectivity index (χ3n) is 9.02. The molecule has 0 N–H and O–H groups in total. The summed E-state index contributed by atoms with van der Waals surface area (Å²) in [6, 6.07) is 59.0. The van der Waals surface area contributed by atoms with Gasteiger partial charge in [0.25, 0.3) is 6.71 Å². The van der Waals surface area contributed by atoms with Crippen LogP contribution in [0.25, 0.3) is 53.6 Å². The molecule has 0 unspecified atom stereocenters. The molecule has 1 aromatic heterocycles. The van der Waals surface area contributed by atoms with Crippen LogP contribution in [0.15, 0.2) is 164 Å². The standard InChI is InChI=1S/C42H27BOS/c1-2-12-28(13-3-1)33-18-10-20-35-36-21-11-19-34(42(36)45-41(33)35)31-16-8-14-29(26-31)30-15-9-17-32(27-30)43-37-22-4-6-24-39(37)44-40-25-7-5-23-38(40)43/h1-27H. The molecule has 0 saturated carbocycles. The highest BCUT2D eigenvalue weighted by Crippen LogP contribution is 2.44. The van der Waals surface area contributed by atoms with E-state index >= 15 is 0 Å². The second kappa shape index (κ2) is 10.7. The predicted octanol–water partition coefficient (Wildman–Crippen LogP) is 9.68. The molecule has 1 aliphatic rings. The Balaban J connectivity index is 1.15. The van der Waals surface area contributed by atoms with E-state index in [0.29, 0.717) is 0 Å². The Kier molecular flexibility index (Phi) is 6.17. The molecule has 7 aromatic carbocycles. The van der Waals surface area contributed by atoms with E-state index in [1.165, 1.54) is 69.9 Å². The van der Waals surface area contributed by atoms with E-state index < -0.39 is 0 Å². The molecular weight excluding hydrogens is 563 g/mol. The molecule has 0 bridgehead atoms. The van der Waals surface area contributed by atoms with Gasteiger partial charge in [-0.1, -0.05) is 151 Å². The molecule has 0 radical (unpaired) electrons. The summed E-state index contributed by atoms with van der Waals surface area (Å²) in [6.07, 6.45) is 0. The van der Waals surface area contributed by atoms with Gasteiger partial charge >= 0.3 is 0 Å². The number of para-hydroxylation sites is 2. The van der Waals surface area contributed by atoms with E-state index in [9.17, 15) is 0 Å². The first-order valence-corrected chi connectivity index (χ1v) is 16.2. The molecule has 0 aliphatic carbocycles. The van der Waals surface area contributed by atoms with Gasteiger partial charge in [0.05, 0.1) is 0 Å². The molecule has 45 heavy (non-hydrogen) atoms. The molecule has 0 amide bonds. The van der Waals surface area contributed by atoms with Gasteiger partial charge in [0.2, 0.25) is 0 Å². The van der Waals surface area contributed by atoms with Gasteiger partial charge in [-0.3, -0.25) is 0 Å². The Labute approximate surface area is 267 Å². The summed E-state index contributed by atoms with van der Waals surface area (Å²) in [5, 5.41) is 2.63. The second-order valence-corrected chi connectivity index (χ2v) is 12.7. The van der Waals surface area contributed by atoms with Crippen molar-refractivity contribution in [1.29, 1.82) is 0 Å². The Morgan fingerprint density at radius 2 is 0.911 bits per heavy atom. The molecule has 0 spiro atoms. The van der Waals surface area contributed by atoms with Gasteiger partial charge in [-0.05, 0) is 62.5 Å². The third kappa shape index (κ3) is 4.39. The van der Waals surface area contributed by atoms with Crippen molar-refractivity contribution in [3.8, 4) is 44.9 Å². The van der Waals surface area contributed by atoms with Crippen molar-refractivity contribution < 1.29 is 4.74 Å². The fourth-order valence-corrected chi connectivity index (χ4v) is 8.30. The molecule has 1 aliphatic heterocycles. The summed E-state index contributed by atoms with van der Waals surface area (Å²) in [5.41, 5.74) is 11.2. The van der Waals surface area contributed by atoms with Crippen molar-refractivity contribution in [2.24, 2.45) is 0 Å². The van der Waals surface area contributed by atoms with Crippen molar-refractivity contribution in [1.82, 2.24) is 0 Å². The first-order valence-electron chi connectivity index (χ1n) is 15.4. The zero-order chi connectivity index (χ0) is 29.7. The summed E-state index contributed by atoms with van der Waals surface area (Å²) in [5.74, 6) is 1.86. The number of hydrogen-bond acceptors (Lipinski definition) is 2. The zero-order valence-electron chi connectivity index (χ0n) is 24.5. The number of thiophene rings is 1. The van der Waals surface area contributed by atoms with Crippen LogP contribution in [0.4, 0.5) is 0 Å². The van der Waals surface area contributed by atoms with E-state index in [1.807, 2.05) is 23.5 Å². The molecule has 0 atom stereocenters. The minimum absolute atomic E-state index is 0.111. The van der Waals surface area contributed by atoms with Gasteiger partial charge < -0.3 is 4.74 Å². The molecule has 0 fully saturated rings. The van der Waals surface area contributed by atoms with Gasteiger partial charge in [-0.15, -0.1) is 11.3 Å². The summed E-state index contributed by atoms with van der Waals surface area (Å²) in [7, 11) is 0. The minimum atomic E-state index is 0.111. The summed E-state index contributed by atoms with van der Waals surface area (Å²) in [4.78, 5) is 0. The monoisotopic (exact) mass is 590 g/mol. The van der Waals surface area contributed by atoms with E-state index in [4.69, 9.17) is 4.74 Å². The fourth-order valence-electron chi connectivity index (χ4n) is 6.93. The zero-order valence-corrected chi connectivity index (χ0v) is 25.3. The highest BCUT2D eigenvalue weighted by Gasteiger charge is 2.31. The van der Waals surface area contributed by atoms with Crippen LogP contribution in [0, 0.1) is 0 Å². The lowest BCUT2D eigenvalue weighted by atomic mass is 9.36. The lowest BCUT2D eigenvalue weighted by Crippen LogP contribution is -2.54. The van der Waals surface area contributed by atoms with Crippen molar-refractivity contribution in [3.63, 3.8) is 0 Å². The molecule has 8 aromatic rings. The van der Waals surface area contributed by atoms with Crippen LogP contribution in [-0.2, 0) is 0 Å². The average Bonchev–Trinajstić information content (AvgIpc) is 3.50. The van der Waals surface area contributed by atoms with Crippen molar-refractivity contribution >= 4 is 54.6 Å². The minimum Gasteiger partial charge on any atom is -0.458 e. The average molecular weight is 591 g/mol. The van der Waals surface area contributed by atoms with Crippen LogP contribution < -0.4 is 21.1 Å². The van der Waals surface area contributed by atoms with Gasteiger partial charge in [0.15, 0.2) is 0 Å². The fraction of sp³-hybridized carbons (Fsp3) is 0. The molecule has 0 saturated heterocycles. The topological polar surface area (TPSA) is 9.23 Å². The lowest BCUT2D eigenvalue weighted by molar-refractivity contribution is 0.487. The molecule has 210 valence electrons. The van der Waals surface area contributed by atoms with Crippen molar-refractivity contribution in [3.05, 3.63) is 164 Å². The van der Waals surface area contributed by atoms with Crippen LogP contribution in [-0.4, -0.2) is 6.71 Å². The Morgan fingerprint density at radius 3 is 1.60 bits per heavy atom. The normalized spacial score (nSPS) is 12.1.